The van der Waals surface area contributed by atoms with Crippen molar-refractivity contribution in [1.82, 2.24) is 10.0 Å². The molecule has 1 heterocycles. The maximum Gasteiger partial charge on any atom is 0.216 e. The standard InChI is InChI=1S/C14H19N3O2S/c1-11-5-6-16-9-14(11)17-20(18,19)10-13-4-2-3-12(7-13)8-15/h2-4,7,11,14,16-17H,5-6,9-10H2,1H3. The van der Waals surface area contributed by atoms with Gasteiger partial charge in [0.15, 0.2) is 0 Å². The van der Waals surface area contributed by atoms with Gasteiger partial charge in [0.25, 0.3) is 0 Å². The van der Waals surface area contributed by atoms with E-state index in [4.69, 9.17) is 5.26 Å². The molecule has 0 bridgehead atoms. The summed E-state index contributed by atoms with van der Waals surface area (Å²) in [5.41, 5.74) is 1.11. The molecular formula is C14H19N3O2S. The number of sulfonamides is 1. The van der Waals surface area contributed by atoms with Gasteiger partial charge < -0.3 is 5.32 Å². The second-order valence-corrected chi connectivity index (χ2v) is 7.02. The summed E-state index contributed by atoms with van der Waals surface area (Å²) in [7, 11) is -3.39. The van der Waals surface area contributed by atoms with Crippen molar-refractivity contribution in [2.75, 3.05) is 13.1 Å². The predicted octanol–water partition coefficient (Wildman–Crippen LogP) is 0.976. The van der Waals surface area contributed by atoms with Crippen LogP contribution in [-0.4, -0.2) is 27.5 Å². The quantitative estimate of drug-likeness (QED) is 0.867. The Balaban J connectivity index is 2.05. The molecule has 0 aromatic heterocycles. The zero-order valence-electron chi connectivity index (χ0n) is 11.5. The highest BCUT2D eigenvalue weighted by Crippen LogP contribution is 2.14. The summed E-state index contributed by atoms with van der Waals surface area (Å²) >= 11 is 0. The fraction of sp³-hybridized carbons (Fsp3) is 0.500. The smallest absolute Gasteiger partial charge is 0.216 e. The van der Waals surface area contributed by atoms with E-state index in [1.54, 1.807) is 24.3 Å². The maximum absolute atomic E-state index is 12.2. The van der Waals surface area contributed by atoms with Crippen LogP contribution >= 0.6 is 0 Å². The molecule has 0 amide bonds. The predicted molar refractivity (Wildman–Crippen MR) is 77.4 cm³/mol. The minimum absolute atomic E-state index is 0.0621. The van der Waals surface area contributed by atoms with Gasteiger partial charge in [-0.1, -0.05) is 19.1 Å². The van der Waals surface area contributed by atoms with Crippen LogP contribution in [-0.2, 0) is 15.8 Å². The fourth-order valence-corrected chi connectivity index (χ4v) is 3.85. The molecule has 1 aliphatic heterocycles. The minimum atomic E-state index is -3.39. The van der Waals surface area contributed by atoms with Crippen molar-refractivity contribution in [1.29, 1.82) is 5.26 Å². The van der Waals surface area contributed by atoms with Gasteiger partial charge in [-0.25, -0.2) is 13.1 Å². The Labute approximate surface area is 120 Å². The third-order valence-electron chi connectivity index (χ3n) is 3.57. The maximum atomic E-state index is 12.2. The molecule has 1 saturated heterocycles. The first kappa shape index (κ1) is 15.0. The molecule has 0 radical (unpaired) electrons. The van der Waals surface area contributed by atoms with Crippen molar-refractivity contribution in [2.45, 2.75) is 25.1 Å². The van der Waals surface area contributed by atoms with Crippen molar-refractivity contribution < 1.29 is 8.42 Å². The van der Waals surface area contributed by atoms with E-state index in [-0.39, 0.29) is 11.8 Å². The molecule has 0 saturated carbocycles. The van der Waals surface area contributed by atoms with Crippen molar-refractivity contribution in [3.8, 4) is 6.07 Å². The SMILES string of the molecule is CC1CCNCC1NS(=O)(=O)Cc1cccc(C#N)c1. The number of hydrogen-bond acceptors (Lipinski definition) is 4. The van der Waals surface area contributed by atoms with E-state index in [9.17, 15) is 8.42 Å². The Morgan fingerprint density at radius 1 is 1.50 bits per heavy atom. The van der Waals surface area contributed by atoms with Gasteiger partial charge in [0.1, 0.15) is 0 Å². The summed E-state index contributed by atoms with van der Waals surface area (Å²) in [6, 6.07) is 8.66. The zero-order chi connectivity index (χ0) is 14.6. The van der Waals surface area contributed by atoms with E-state index >= 15 is 0 Å². The minimum Gasteiger partial charge on any atom is -0.315 e. The second kappa shape index (κ2) is 6.35. The Bertz CT molecular complexity index is 607. The summed E-state index contributed by atoms with van der Waals surface area (Å²) in [5.74, 6) is 0.239. The first-order chi connectivity index (χ1) is 9.50. The van der Waals surface area contributed by atoms with Crippen LogP contribution in [0.25, 0.3) is 0 Å². The number of hydrogen-bond donors (Lipinski definition) is 2. The monoisotopic (exact) mass is 293 g/mol. The lowest BCUT2D eigenvalue weighted by atomic mass is 9.96. The van der Waals surface area contributed by atoms with E-state index in [1.807, 2.05) is 6.07 Å². The first-order valence-electron chi connectivity index (χ1n) is 6.70. The second-order valence-electron chi connectivity index (χ2n) is 5.27. The lowest BCUT2D eigenvalue weighted by Gasteiger charge is -2.30. The van der Waals surface area contributed by atoms with Gasteiger partial charge in [-0.15, -0.1) is 0 Å². The number of rotatable bonds is 4. The van der Waals surface area contributed by atoms with E-state index < -0.39 is 10.0 Å². The van der Waals surface area contributed by atoms with Crippen molar-refractivity contribution in [3.63, 3.8) is 0 Å². The van der Waals surface area contributed by atoms with Crippen LogP contribution in [0.1, 0.15) is 24.5 Å². The van der Waals surface area contributed by atoms with Crippen LogP contribution in [0.5, 0.6) is 0 Å². The average Bonchev–Trinajstić information content (AvgIpc) is 2.41. The molecule has 2 rings (SSSR count). The molecule has 1 aromatic carbocycles. The molecule has 108 valence electrons. The highest BCUT2D eigenvalue weighted by molar-refractivity contribution is 7.88. The number of benzene rings is 1. The molecular weight excluding hydrogens is 274 g/mol. The molecule has 2 atom stereocenters. The van der Waals surface area contributed by atoms with Crippen LogP contribution in [0, 0.1) is 17.2 Å². The fourth-order valence-electron chi connectivity index (χ4n) is 2.37. The van der Waals surface area contributed by atoms with E-state index in [2.05, 4.69) is 17.0 Å². The van der Waals surface area contributed by atoms with Gasteiger partial charge >= 0.3 is 0 Å². The van der Waals surface area contributed by atoms with Crippen LogP contribution in [0.15, 0.2) is 24.3 Å². The molecule has 0 aliphatic carbocycles. The third kappa shape index (κ3) is 4.04. The summed E-state index contributed by atoms with van der Waals surface area (Å²) in [5, 5.41) is 12.0. The normalized spacial score (nSPS) is 23.2. The Hall–Kier alpha value is -1.42. The van der Waals surface area contributed by atoms with E-state index in [0.717, 1.165) is 13.0 Å². The highest BCUT2D eigenvalue weighted by Gasteiger charge is 2.25. The van der Waals surface area contributed by atoms with Crippen LogP contribution in [0.4, 0.5) is 0 Å². The molecule has 20 heavy (non-hydrogen) atoms. The van der Waals surface area contributed by atoms with Gasteiger partial charge in [-0.2, -0.15) is 5.26 Å². The number of nitrogens with one attached hydrogen (secondary N) is 2. The summed E-state index contributed by atoms with van der Waals surface area (Å²) < 4.78 is 27.1. The molecule has 1 aliphatic rings. The lowest BCUT2D eigenvalue weighted by Crippen LogP contribution is -2.50. The van der Waals surface area contributed by atoms with Gasteiger partial charge in [-0.3, -0.25) is 0 Å². The first-order valence-corrected chi connectivity index (χ1v) is 8.35. The zero-order valence-corrected chi connectivity index (χ0v) is 12.3. The lowest BCUT2D eigenvalue weighted by molar-refractivity contribution is 0.327. The topological polar surface area (TPSA) is 82.0 Å². The van der Waals surface area contributed by atoms with Crippen molar-refractivity contribution in [3.05, 3.63) is 35.4 Å². The van der Waals surface area contributed by atoms with Crippen LogP contribution in [0.3, 0.4) is 0 Å². The Morgan fingerprint density at radius 2 is 2.30 bits per heavy atom. The molecule has 2 unspecified atom stereocenters. The number of nitriles is 1. The van der Waals surface area contributed by atoms with E-state index in [0.29, 0.717) is 23.6 Å². The summed E-state index contributed by atoms with van der Waals surface area (Å²) in [6.45, 7) is 3.66. The average molecular weight is 293 g/mol. The van der Waals surface area contributed by atoms with Gasteiger partial charge in [0.2, 0.25) is 10.0 Å². The Morgan fingerprint density at radius 3 is 3.00 bits per heavy atom. The molecule has 0 spiro atoms. The molecule has 1 aromatic rings. The van der Waals surface area contributed by atoms with Gasteiger partial charge in [0.05, 0.1) is 17.4 Å². The van der Waals surface area contributed by atoms with Crippen LogP contribution < -0.4 is 10.0 Å². The van der Waals surface area contributed by atoms with Crippen molar-refractivity contribution >= 4 is 10.0 Å². The van der Waals surface area contributed by atoms with Crippen LogP contribution in [0.2, 0.25) is 0 Å². The summed E-state index contributed by atoms with van der Waals surface area (Å²) in [6.07, 6.45) is 0.969. The molecule has 1 fully saturated rings. The Kier molecular flexibility index (Phi) is 4.76. The summed E-state index contributed by atoms with van der Waals surface area (Å²) in [4.78, 5) is 0. The number of nitrogens with zero attached hydrogens (tertiary/aromatic N) is 1. The molecule has 2 N–H and O–H groups in total. The number of piperidine rings is 1. The largest absolute Gasteiger partial charge is 0.315 e. The third-order valence-corrected chi connectivity index (χ3v) is 4.95. The highest BCUT2D eigenvalue weighted by atomic mass is 32.2. The molecule has 6 heteroatoms. The van der Waals surface area contributed by atoms with Gasteiger partial charge in [-0.05, 0) is 36.6 Å². The van der Waals surface area contributed by atoms with E-state index in [1.165, 1.54) is 0 Å². The van der Waals surface area contributed by atoms with Crippen molar-refractivity contribution in [2.24, 2.45) is 5.92 Å². The van der Waals surface area contributed by atoms with Gasteiger partial charge in [0, 0.05) is 12.6 Å². The molecule has 5 nitrogen and oxygen atoms in total.